The largest absolute Gasteiger partial charge is 0.493 e. The third-order valence-corrected chi connectivity index (χ3v) is 1.78. The zero-order chi connectivity index (χ0) is 11.5. The number of hydrogen-bond acceptors (Lipinski definition) is 1. The Bertz CT molecular complexity index is 333. The summed E-state index contributed by atoms with van der Waals surface area (Å²) in [6.07, 6.45) is -5.24. The van der Waals surface area contributed by atoms with E-state index >= 15 is 0 Å². The quantitative estimate of drug-likeness (QED) is 0.711. The maximum Gasteiger partial charge on any atom is 0.392 e. The van der Waals surface area contributed by atoms with E-state index < -0.39 is 25.0 Å². The van der Waals surface area contributed by atoms with Gasteiger partial charge < -0.3 is 4.74 Å². The lowest BCUT2D eigenvalue weighted by Gasteiger charge is -2.09. The molecule has 0 heterocycles. The van der Waals surface area contributed by atoms with Crippen LogP contribution in [0.1, 0.15) is 12.0 Å². The van der Waals surface area contributed by atoms with Crippen molar-refractivity contribution >= 4 is 0 Å². The van der Waals surface area contributed by atoms with E-state index in [1.165, 1.54) is 19.1 Å². The molecule has 0 amide bonds. The van der Waals surface area contributed by atoms with Crippen molar-refractivity contribution in [3.63, 3.8) is 0 Å². The van der Waals surface area contributed by atoms with Crippen molar-refractivity contribution < 1.29 is 22.3 Å². The van der Waals surface area contributed by atoms with E-state index in [-0.39, 0.29) is 5.75 Å². The molecule has 0 bridgehead atoms. The molecule has 15 heavy (non-hydrogen) atoms. The highest BCUT2D eigenvalue weighted by Gasteiger charge is 2.26. The van der Waals surface area contributed by atoms with Crippen LogP contribution < -0.4 is 4.74 Å². The normalized spacial score (nSPS) is 11.5. The monoisotopic (exact) mass is 222 g/mol. The second-order valence-corrected chi connectivity index (χ2v) is 3.12. The zero-order valence-corrected chi connectivity index (χ0v) is 8.07. The van der Waals surface area contributed by atoms with Crippen molar-refractivity contribution in [3.05, 3.63) is 29.6 Å². The van der Waals surface area contributed by atoms with Crippen molar-refractivity contribution in [3.8, 4) is 5.75 Å². The Hall–Kier alpha value is -1.26. The maximum absolute atomic E-state index is 12.8. The van der Waals surface area contributed by atoms with Crippen molar-refractivity contribution in [2.45, 2.75) is 19.5 Å². The molecule has 1 aromatic rings. The Balaban J connectivity index is 2.48. The SMILES string of the molecule is Cc1cc(OCCC(F)(F)F)ccc1F. The summed E-state index contributed by atoms with van der Waals surface area (Å²) in [4.78, 5) is 0. The van der Waals surface area contributed by atoms with Crippen LogP contribution in [-0.2, 0) is 0 Å². The van der Waals surface area contributed by atoms with E-state index in [0.29, 0.717) is 5.56 Å². The van der Waals surface area contributed by atoms with Crippen LogP contribution in [-0.4, -0.2) is 12.8 Å². The fourth-order valence-electron chi connectivity index (χ4n) is 0.992. The second-order valence-electron chi connectivity index (χ2n) is 3.12. The summed E-state index contributed by atoms with van der Waals surface area (Å²) in [6, 6.07) is 3.84. The van der Waals surface area contributed by atoms with Gasteiger partial charge >= 0.3 is 6.18 Å². The summed E-state index contributed by atoms with van der Waals surface area (Å²) in [7, 11) is 0. The molecule has 0 spiro atoms. The van der Waals surface area contributed by atoms with Gasteiger partial charge in [-0.05, 0) is 30.7 Å². The molecule has 1 aromatic carbocycles. The van der Waals surface area contributed by atoms with Crippen molar-refractivity contribution in [1.82, 2.24) is 0 Å². The highest BCUT2D eigenvalue weighted by molar-refractivity contribution is 5.28. The number of aryl methyl sites for hydroxylation is 1. The van der Waals surface area contributed by atoms with Gasteiger partial charge in [-0.2, -0.15) is 13.2 Å². The van der Waals surface area contributed by atoms with E-state index in [1.54, 1.807) is 0 Å². The third kappa shape index (κ3) is 4.18. The summed E-state index contributed by atoms with van der Waals surface area (Å²) >= 11 is 0. The fraction of sp³-hybridized carbons (Fsp3) is 0.400. The maximum atomic E-state index is 12.8. The average Bonchev–Trinajstić information content (AvgIpc) is 2.09. The minimum Gasteiger partial charge on any atom is -0.493 e. The van der Waals surface area contributed by atoms with Gasteiger partial charge in [0.2, 0.25) is 0 Å². The fourth-order valence-corrected chi connectivity index (χ4v) is 0.992. The predicted molar refractivity (Wildman–Crippen MR) is 47.3 cm³/mol. The van der Waals surface area contributed by atoms with Crippen LogP contribution in [0.3, 0.4) is 0 Å². The van der Waals surface area contributed by atoms with E-state index in [2.05, 4.69) is 0 Å². The van der Waals surface area contributed by atoms with Gasteiger partial charge in [0.05, 0.1) is 13.0 Å². The first-order valence-electron chi connectivity index (χ1n) is 4.34. The number of alkyl halides is 3. The topological polar surface area (TPSA) is 9.23 Å². The molecule has 84 valence electrons. The van der Waals surface area contributed by atoms with Crippen LogP contribution in [0.5, 0.6) is 5.75 Å². The lowest BCUT2D eigenvalue weighted by atomic mass is 10.2. The van der Waals surface area contributed by atoms with Crippen LogP contribution in [0.15, 0.2) is 18.2 Å². The molecule has 1 rings (SSSR count). The summed E-state index contributed by atoms with van der Waals surface area (Å²) in [5.74, 6) is -0.156. The molecule has 0 saturated heterocycles. The lowest BCUT2D eigenvalue weighted by molar-refractivity contribution is -0.139. The molecule has 0 radical (unpaired) electrons. The molecule has 0 aliphatic heterocycles. The highest BCUT2D eigenvalue weighted by atomic mass is 19.4. The number of rotatable bonds is 3. The first kappa shape index (κ1) is 11.8. The van der Waals surface area contributed by atoms with Crippen LogP contribution in [0, 0.1) is 12.7 Å². The molecule has 0 aromatic heterocycles. The molecule has 0 fully saturated rings. The van der Waals surface area contributed by atoms with Crippen molar-refractivity contribution in [1.29, 1.82) is 0 Å². The van der Waals surface area contributed by atoms with E-state index in [1.807, 2.05) is 0 Å². The van der Waals surface area contributed by atoms with Gasteiger partial charge in [-0.3, -0.25) is 0 Å². The van der Waals surface area contributed by atoms with Crippen molar-refractivity contribution in [2.75, 3.05) is 6.61 Å². The van der Waals surface area contributed by atoms with Crippen LogP contribution in [0.4, 0.5) is 17.6 Å². The van der Waals surface area contributed by atoms with Gasteiger partial charge in [-0.1, -0.05) is 0 Å². The van der Waals surface area contributed by atoms with E-state index in [4.69, 9.17) is 4.74 Å². The Morgan fingerprint density at radius 3 is 2.47 bits per heavy atom. The van der Waals surface area contributed by atoms with E-state index in [0.717, 1.165) is 6.07 Å². The van der Waals surface area contributed by atoms with E-state index in [9.17, 15) is 17.6 Å². The second kappa shape index (κ2) is 4.51. The number of benzene rings is 1. The van der Waals surface area contributed by atoms with Gasteiger partial charge in [-0.25, -0.2) is 4.39 Å². The minimum absolute atomic E-state index is 0.248. The summed E-state index contributed by atoms with van der Waals surface area (Å²) in [5.41, 5.74) is 0.347. The molecule has 5 heteroatoms. The third-order valence-electron chi connectivity index (χ3n) is 1.78. The standard InChI is InChI=1S/C10H10F4O/c1-7-6-8(2-3-9(7)11)15-5-4-10(12,13)14/h2-3,6H,4-5H2,1H3. The summed E-state index contributed by atoms with van der Waals surface area (Å²) < 4.78 is 52.9. The van der Waals surface area contributed by atoms with Gasteiger partial charge in [0.25, 0.3) is 0 Å². The summed E-state index contributed by atoms with van der Waals surface area (Å²) in [6.45, 7) is 1.07. The number of hydrogen-bond donors (Lipinski definition) is 0. The summed E-state index contributed by atoms with van der Waals surface area (Å²) in [5, 5.41) is 0. The molecular formula is C10H10F4O. The van der Waals surface area contributed by atoms with Gasteiger partial charge in [0, 0.05) is 0 Å². The van der Waals surface area contributed by atoms with Gasteiger partial charge in [-0.15, -0.1) is 0 Å². The minimum atomic E-state index is -4.23. The Kier molecular flexibility index (Phi) is 3.55. The smallest absolute Gasteiger partial charge is 0.392 e. The van der Waals surface area contributed by atoms with Crippen molar-refractivity contribution in [2.24, 2.45) is 0 Å². The Morgan fingerprint density at radius 2 is 1.93 bits per heavy atom. The number of ether oxygens (including phenoxy) is 1. The molecule has 0 N–H and O–H groups in total. The molecule has 0 unspecified atom stereocenters. The predicted octanol–water partition coefficient (Wildman–Crippen LogP) is 3.47. The highest BCUT2D eigenvalue weighted by Crippen LogP contribution is 2.21. The van der Waals surface area contributed by atoms with Crippen LogP contribution in [0.2, 0.25) is 0 Å². The molecule has 0 saturated carbocycles. The van der Waals surface area contributed by atoms with Gasteiger partial charge in [0.15, 0.2) is 0 Å². The zero-order valence-electron chi connectivity index (χ0n) is 8.07. The Morgan fingerprint density at radius 1 is 1.27 bits per heavy atom. The number of halogens is 4. The van der Waals surface area contributed by atoms with Crippen LogP contribution >= 0.6 is 0 Å². The molecular weight excluding hydrogens is 212 g/mol. The van der Waals surface area contributed by atoms with Crippen LogP contribution in [0.25, 0.3) is 0 Å². The first-order valence-corrected chi connectivity index (χ1v) is 4.34. The molecule has 0 aliphatic rings. The molecule has 1 nitrogen and oxygen atoms in total. The lowest BCUT2D eigenvalue weighted by Crippen LogP contribution is -2.13. The first-order chi connectivity index (χ1) is 6.88. The average molecular weight is 222 g/mol. The molecule has 0 aliphatic carbocycles. The van der Waals surface area contributed by atoms with Gasteiger partial charge in [0.1, 0.15) is 11.6 Å². The Labute approximate surface area is 84.7 Å². The molecule has 0 atom stereocenters.